The number of aryl methyl sites for hydroxylation is 1. The number of imidazole rings is 1. The summed E-state index contributed by atoms with van der Waals surface area (Å²) in [5.41, 5.74) is 6.37. The molecule has 0 aliphatic heterocycles. The van der Waals surface area contributed by atoms with Crippen molar-refractivity contribution in [3.63, 3.8) is 0 Å². The fraction of sp³-hybridized carbons (Fsp3) is 0.364. The average molecular weight is 217 g/mol. The number of nitrogens with two attached hydrogens (primary N) is 1. The SMILES string of the molecule is CCCn1ccnc1Cc1cnc(N)cn1. The van der Waals surface area contributed by atoms with Crippen LogP contribution in [0.25, 0.3) is 0 Å². The minimum atomic E-state index is 0.445. The monoisotopic (exact) mass is 217 g/mol. The Labute approximate surface area is 94.4 Å². The van der Waals surface area contributed by atoms with Crippen molar-refractivity contribution in [1.29, 1.82) is 0 Å². The number of hydrogen-bond donors (Lipinski definition) is 1. The molecule has 16 heavy (non-hydrogen) atoms. The van der Waals surface area contributed by atoms with E-state index in [4.69, 9.17) is 5.73 Å². The van der Waals surface area contributed by atoms with Crippen molar-refractivity contribution in [3.05, 3.63) is 36.3 Å². The van der Waals surface area contributed by atoms with Crippen LogP contribution >= 0.6 is 0 Å². The summed E-state index contributed by atoms with van der Waals surface area (Å²) < 4.78 is 2.14. The van der Waals surface area contributed by atoms with Gasteiger partial charge in [-0.25, -0.2) is 9.97 Å². The average Bonchev–Trinajstić information content (AvgIpc) is 2.70. The van der Waals surface area contributed by atoms with Crippen molar-refractivity contribution in [3.8, 4) is 0 Å². The van der Waals surface area contributed by atoms with Gasteiger partial charge in [0.25, 0.3) is 0 Å². The third kappa shape index (κ3) is 2.36. The van der Waals surface area contributed by atoms with Crippen molar-refractivity contribution in [2.24, 2.45) is 0 Å². The van der Waals surface area contributed by atoms with Gasteiger partial charge < -0.3 is 10.3 Å². The van der Waals surface area contributed by atoms with Crippen LogP contribution in [0.15, 0.2) is 24.8 Å². The molecule has 0 amide bonds. The van der Waals surface area contributed by atoms with Gasteiger partial charge in [-0.15, -0.1) is 0 Å². The second-order valence-corrected chi connectivity index (χ2v) is 3.65. The second kappa shape index (κ2) is 4.74. The van der Waals surface area contributed by atoms with E-state index in [0.29, 0.717) is 12.2 Å². The molecule has 0 aromatic carbocycles. The molecule has 0 unspecified atom stereocenters. The summed E-state index contributed by atoms with van der Waals surface area (Å²) in [4.78, 5) is 12.5. The molecule has 2 aromatic rings. The molecule has 84 valence electrons. The highest BCUT2D eigenvalue weighted by molar-refractivity contribution is 5.23. The number of nitrogen functional groups attached to an aromatic ring is 1. The summed E-state index contributed by atoms with van der Waals surface area (Å²) in [5, 5.41) is 0. The molecule has 0 radical (unpaired) electrons. The predicted molar refractivity (Wildman–Crippen MR) is 61.8 cm³/mol. The minimum absolute atomic E-state index is 0.445. The molecule has 2 N–H and O–H groups in total. The van der Waals surface area contributed by atoms with Gasteiger partial charge in [-0.2, -0.15) is 0 Å². The van der Waals surface area contributed by atoms with Crippen molar-refractivity contribution in [1.82, 2.24) is 19.5 Å². The van der Waals surface area contributed by atoms with Gasteiger partial charge in [0.05, 0.1) is 18.1 Å². The summed E-state index contributed by atoms with van der Waals surface area (Å²) >= 11 is 0. The molecule has 5 nitrogen and oxygen atoms in total. The summed E-state index contributed by atoms with van der Waals surface area (Å²) in [5.74, 6) is 1.46. The normalized spacial score (nSPS) is 10.6. The van der Waals surface area contributed by atoms with Gasteiger partial charge in [0.2, 0.25) is 0 Å². The molecule has 0 spiro atoms. The molecule has 5 heteroatoms. The summed E-state index contributed by atoms with van der Waals surface area (Å²) in [6.45, 7) is 3.13. The van der Waals surface area contributed by atoms with Crippen LogP contribution in [-0.4, -0.2) is 19.5 Å². The molecule has 0 aliphatic carbocycles. The van der Waals surface area contributed by atoms with E-state index in [1.807, 2.05) is 12.4 Å². The molecule has 0 atom stereocenters. The fourth-order valence-corrected chi connectivity index (χ4v) is 1.57. The Morgan fingerprint density at radius 2 is 2.12 bits per heavy atom. The lowest BCUT2D eigenvalue weighted by Gasteiger charge is -2.05. The Hall–Kier alpha value is -1.91. The number of rotatable bonds is 4. The maximum absolute atomic E-state index is 5.48. The van der Waals surface area contributed by atoms with Crippen molar-refractivity contribution < 1.29 is 0 Å². The second-order valence-electron chi connectivity index (χ2n) is 3.65. The lowest BCUT2D eigenvalue weighted by Crippen LogP contribution is -2.05. The largest absolute Gasteiger partial charge is 0.382 e. The van der Waals surface area contributed by atoms with Gasteiger partial charge in [-0.1, -0.05) is 6.92 Å². The minimum Gasteiger partial charge on any atom is -0.382 e. The standard InChI is InChI=1S/C11H15N5/c1-2-4-16-5-3-13-11(16)6-9-7-15-10(12)8-14-9/h3,5,7-8H,2,4,6H2,1H3,(H2,12,15). The lowest BCUT2D eigenvalue weighted by molar-refractivity contribution is 0.644. The Morgan fingerprint density at radius 1 is 1.25 bits per heavy atom. The van der Waals surface area contributed by atoms with Crippen LogP contribution in [0.5, 0.6) is 0 Å². The number of anilines is 1. The summed E-state index contributed by atoms with van der Waals surface area (Å²) in [7, 11) is 0. The van der Waals surface area contributed by atoms with Gasteiger partial charge >= 0.3 is 0 Å². The Morgan fingerprint density at radius 3 is 2.81 bits per heavy atom. The Bertz CT molecular complexity index is 446. The van der Waals surface area contributed by atoms with Crippen molar-refractivity contribution in [2.75, 3.05) is 5.73 Å². The first-order chi connectivity index (χ1) is 7.79. The molecular formula is C11H15N5. The Kier molecular flexibility index (Phi) is 3.14. The zero-order chi connectivity index (χ0) is 11.4. The van der Waals surface area contributed by atoms with Crippen LogP contribution in [0.4, 0.5) is 5.82 Å². The molecule has 2 aromatic heterocycles. The smallest absolute Gasteiger partial charge is 0.141 e. The summed E-state index contributed by atoms with van der Waals surface area (Å²) in [6.07, 6.45) is 8.86. The van der Waals surface area contributed by atoms with Crippen LogP contribution in [-0.2, 0) is 13.0 Å². The highest BCUT2D eigenvalue weighted by Crippen LogP contribution is 2.06. The van der Waals surface area contributed by atoms with E-state index in [1.165, 1.54) is 0 Å². The first-order valence-electron chi connectivity index (χ1n) is 5.36. The highest BCUT2D eigenvalue weighted by atomic mass is 15.1. The molecule has 0 aliphatic rings. The van der Waals surface area contributed by atoms with Crippen LogP contribution in [0.2, 0.25) is 0 Å². The van der Waals surface area contributed by atoms with E-state index in [0.717, 1.165) is 24.5 Å². The first kappa shape index (κ1) is 10.6. The van der Waals surface area contributed by atoms with Crippen LogP contribution in [0.3, 0.4) is 0 Å². The molecule has 0 saturated carbocycles. The van der Waals surface area contributed by atoms with E-state index >= 15 is 0 Å². The zero-order valence-corrected chi connectivity index (χ0v) is 9.30. The molecule has 2 heterocycles. The number of nitrogens with zero attached hydrogens (tertiary/aromatic N) is 4. The quantitative estimate of drug-likeness (QED) is 0.837. The van der Waals surface area contributed by atoms with Crippen LogP contribution in [0.1, 0.15) is 24.9 Å². The maximum atomic E-state index is 5.48. The van der Waals surface area contributed by atoms with Crippen molar-refractivity contribution >= 4 is 5.82 Å². The summed E-state index contributed by atoms with van der Waals surface area (Å²) in [6, 6.07) is 0. The van der Waals surface area contributed by atoms with E-state index in [1.54, 1.807) is 12.4 Å². The highest BCUT2D eigenvalue weighted by Gasteiger charge is 2.04. The van der Waals surface area contributed by atoms with Crippen LogP contribution in [0, 0.1) is 0 Å². The van der Waals surface area contributed by atoms with E-state index in [-0.39, 0.29) is 0 Å². The lowest BCUT2D eigenvalue weighted by atomic mass is 10.3. The third-order valence-electron chi connectivity index (χ3n) is 2.33. The van der Waals surface area contributed by atoms with Crippen molar-refractivity contribution in [2.45, 2.75) is 26.3 Å². The first-order valence-corrected chi connectivity index (χ1v) is 5.36. The maximum Gasteiger partial charge on any atom is 0.141 e. The Balaban J connectivity index is 2.13. The molecular weight excluding hydrogens is 202 g/mol. The predicted octanol–water partition coefficient (Wildman–Crippen LogP) is 1.26. The van der Waals surface area contributed by atoms with Crippen LogP contribution < -0.4 is 5.73 Å². The van der Waals surface area contributed by atoms with Gasteiger partial charge in [-0.3, -0.25) is 4.98 Å². The van der Waals surface area contributed by atoms with E-state index < -0.39 is 0 Å². The van der Waals surface area contributed by atoms with Gasteiger partial charge in [0.1, 0.15) is 11.6 Å². The van der Waals surface area contributed by atoms with Gasteiger partial charge in [-0.05, 0) is 6.42 Å². The van der Waals surface area contributed by atoms with Gasteiger partial charge in [0, 0.05) is 25.4 Å². The third-order valence-corrected chi connectivity index (χ3v) is 2.33. The topological polar surface area (TPSA) is 69.6 Å². The molecule has 2 rings (SSSR count). The fourth-order valence-electron chi connectivity index (χ4n) is 1.57. The molecule has 0 saturated heterocycles. The van der Waals surface area contributed by atoms with E-state index in [9.17, 15) is 0 Å². The van der Waals surface area contributed by atoms with Gasteiger partial charge in [0.15, 0.2) is 0 Å². The zero-order valence-electron chi connectivity index (χ0n) is 9.30. The van der Waals surface area contributed by atoms with E-state index in [2.05, 4.69) is 26.4 Å². The number of aromatic nitrogens is 4. The molecule has 0 fully saturated rings. The number of hydrogen-bond acceptors (Lipinski definition) is 4. The molecule has 0 bridgehead atoms.